The first-order chi connectivity index (χ1) is 8.38. The van der Waals surface area contributed by atoms with E-state index in [0.717, 1.165) is 0 Å². The summed E-state index contributed by atoms with van der Waals surface area (Å²) in [5.41, 5.74) is 0. The lowest BCUT2D eigenvalue weighted by atomic mass is 10.2. The number of carboxylic acids is 1. The summed E-state index contributed by atoms with van der Waals surface area (Å²) in [7, 11) is -2.38. The molecule has 0 amide bonds. The van der Waals surface area contributed by atoms with Gasteiger partial charge in [0.2, 0.25) is 0 Å². The van der Waals surface area contributed by atoms with E-state index in [9.17, 15) is 13.2 Å². The number of nitrogens with one attached hydrogen (secondary N) is 1. The number of hydrogen-bond donors (Lipinski definition) is 2. The van der Waals surface area contributed by atoms with Crippen molar-refractivity contribution in [3.8, 4) is 0 Å². The number of aliphatic carboxylic acids is 1. The first-order valence-corrected chi connectivity index (χ1v) is 7.98. The molecule has 1 aromatic heterocycles. The fraction of sp³-hybridized carbons (Fsp3) is 0.556. The zero-order valence-electron chi connectivity index (χ0n) is 10.0. The van der Waals surface area contributed by atoms with E-state index in [-0.39, 0.29) is 11.4 Å². The highest BCUT2D eigenvalue weighted by atomic mass is 32.2. The molecule has 0 radical (unpaired) electrons. The van der Waals surface area contributed by atoms with Crippen molar-refractivity contribution < 1.29 is 18.3 Å². The van der Waals surface area contributed by atoms with Crippen molar-refractivity contribution in [3.63, 3.8) is 0 Å². The van der Waals surface area contributed by atoms with Crippen molar-refractivity contribution in [2.75, 3.05) is 12.0 Å². The number of aromatic nitrogens is 2. The highest BCUT2D eigenvalue weighted by molar-refractivity contribution is 7.98. The van der Waals surface area contributed by atoms with E-state index in [4.69, 9.17) is 5.11 Å². The van der Waals surface area contributed by atoms with E-state index in [0.29, 0.717) is 5.75 Å². The lowest BCUT2D eigenvalue weighted by molar-refractivity contribution is -0.139. The number of thioether (sulfide) groups is 1. The second kappa shape index (κ2) is 6.21. The van der Waals surface area contributed by atoms with Gasteiger partial charge in [-0.2, -0.15) is 21.6 Å². The Hall–Kier alpha value is -1.06. The summed E-state index contributed by atoms with van der Waals surface area (Å²) in [5, 5.41) is 12.7. The van der Waals surface area contributed by atoms with E-state index >= 15 is 0 Å². The van der Waals surface area contributed by atoms with Gasteiger partial charge in [-0.1, -0.05) is 0 Å². The fourth-order valence-corrected chi connectivity index (χ4v) is 3.16. The van der Waals surface area contributed by atoms with Crippen molar-refractivity contribution in [1.29, 1.82) is 0 Å². The molecule has 0 aliphatic heterocycles. The van der Waals surface area contributed by atoms with Crippen LogP contribution >= 0.6 is 11.8 Å². The predicted molar refractivity (Wildman–Crippen MR) is 68.0 cm³/mol. The van der Waals surface area contributed by atoms with Gasteiger partial charge in [0.25, 0.3) is 10.0 Å². The Morgan fingerprint density at radius 1 is 1.67 bits per heavy atom. The summed E-state index contributed by atoms with van der Waals surface area (Å²) in [6, 6.07) is 0.188. The van der Waals surface area contributed by atoms with Gasteiger partial charge in [0.05, 0.1) is 6.20 Å². The average Bonchev–Trinajstić information content (AvgIpc) is 2.71. The Bertz CT molecular complexity index is 512. The van der Waals surface area contributed by atoms with Crippen LogP contribution in [0.2, 0.25) is 0 Å². The van der Waals surface area contributed by atoms with Crippen LogP contribution in [0.1, 0.15) is 6.42 Å². The van der Waals surface area contributed by atoms with Crippen molar-refractivity contribution in [1.82, 2.24) is 14.5 Å². The number of nitrogens with zero attached hydrogens (tertiary/aromatic N) is 2. The van der Waals surface area contributed by atoms with Crippen LogP contribution in [0.5, 0.6) is 0 Å². The predicted octanol–water partition coefficient (Wildman–Crippen LogP) is -0.0953. The third-order valence-corrected chi connectivity index (χ3v) is 4.45. The molecule has 0 aromatic carbocycles. The number of carboxylic acid groups (broad SMARTS) is 1. The average molecular weight is 293 g/mol. The van der Waals surface area contributed by atoms with E-state index in [1.54, 1.807) is 0 Å². The minimum absolute atomic E-state index is 0.0575. The summed E-state index contributed by atoms with van der Waals surface area (Å²) < 4.78 is 27.2. The van der Waals surface area contributed by atoms with E-state index in [1.165, 1.54) is 35.8 Å². The van der Waals surface area contributed by atoms with Gasteiger partial charge < -0.3 is 5.11 Å². The molecule has 0 saturated carbocycles. The smallest absolute Gasteiger partial charge is 0.321 e. The van der Waals surface area contributed by atoms with Crippen LogP contribution in [0.15, 0.2) is 17.3 Å². The first-order valence-electron chi connectivity index (χ1n) is 5.10. The van der Waals surface area contributed by atoms with Gasteiger partial charge in [0.15, 0.2) is 5.03 Å². The molecule has 18 heavy (non-hydrogen) atoms. The normalized spacial score (nSPS) is 13.4. The van der Waals surface area contributed by atoms with Crippen molar-refractivity contribution in [3.05, 3.63) is 12.3 Å². The molecule has 0 fully saturated rings. The van der Waals surface area contributed by atoms with Gasteiger partial charge in [-0.25, -0.2) is 8.42 Å². The van der Waals surface area contributed by atoms with Gasteiger partial charge in [0, 0.05) is 7.05 Å². The van der Waals surface area contributed by atoms with Gasteiger partial charge in [-0.15, -0.1) is 0 Å². The third kappa shape index (κ3) is 3.72. The molecule has 0 spiro atoms. The molecule has 1 rings (SSSR count). The number of sulfonamides is 1. The van der Waals surface area contributed by atoms with Crippen LogP contribution in [-0.4, -0.2) is 47.3 Å². The summed E-state index contributed by atoms with van der Waals surface area (Å²) in [6.45, 7) is 0. The minimum atomic E-state index is -3.86. The molecule has 1 atom stereocenters. The Balaban J connectivity index is 2.86. The SMILES string of the molecule is CSCC[C@H](NS(=O)(=O)c1ccnn1C)C(=O)O. The molecule has 0 bridgehead atoms. The van der Waals surface area contributed by atoms with Crippen molar-refractivity contribution in [2.24, 2.45) is 7.05 Å². The van der Waals surface area contributed by atoms with E-state index in [1.807, 2.05) is 6.26 Å². The van der Waals surface area contributed by atoms with Gasteiger partial charge in [0.1, 0.15) is 6.04 Å². The highest BCUT2D eigenvalue weighted by Gasteiger charge is 2.26. The molecule has 9 heteroatoms. The second-order valence-electron chi connectivity index (χ2n) is 3.59. The van der Waals surface area contributed by atoms with Crippen molar-refractivity contribution in [2.45, 2.75) is 17.5 Å². The summed E-state index contributed by atoms with van der Waals surface area (Å²) in [5.74, 6) is -0.625. The van der Waals surface area contributed by atoms with Crippen LogP contribution in [0.3, 0.4) is 0 Å². The van der Waals surface area contributed by atoms with Crippen LogP contribution < -0.4 is 4.72 Å². The molecular formula is C9H15N3O4S2. The number of rotatable bonds is 7. The maximum absolute atomic E-state index is 12.0. The highest BCUT2D eigenvalue weighted by Crippen LogP contribution is 2.09. The molecule has 102 valence electrons. The van der Waals surface area contributed by atoms with E-state index in [2.05, 4.69) is 9.82 Å². The lowest BCUT2D eigenvalue weighted by Gasteiger charge is -2.14. The van der Waals surface area contributed by atoms with E-state index < -0.39 is 22.0 Å². The topological polar surface area (TPSA) is 101 Å². The van der Waals surface area contributed by atoms with Crippen LogP contribution in [0.4, 0.5) is 0 Å². The Kier molecular flexibility index (Phi) is 5.17. The van der Waals surface area contributed by atoms with Crippen LogP contribution in [0, 0.1) is 0 Å². The molecule has 0 aliphatic carbocycles. The Labute approximate surface area is 110 Å². The number of aryl methyl sites for hydroxylation is 1. The number of hydrogen-bond acceptors (Lipinski definition) is 5. The van der Waals surface area contributed by atoms with Gasteiger partial charge in [-0.3, -0.25) is 9.48 Å². The molecule has 1 heterocycles. The molecule has 7 nitrogen and oxygen atoms in total. The summed E-state index contributed by atoms with van der Waals surface area (Å²) >= 11 is 1.46. The molecule has 0 saturated heterocycles. The quantitative estimate of drug-likeness (QED) is 0.728. The molecule has 0 aliphatic rings. The molecule has 1 aromatic rings. The monoisotopic (exact) mass is 293 g/mol. The summed E-state index contributed by atoms with van der Waals surface area (Å²) in [4.78, 5) is 11.0. The molecular weight excluding hydrogens is 278 g/mol. The third-order valence-electron chi connectivity index (χ3n) is 2.26. The standard InChI is InChI=1S/C9H15N3O4S2/c1-12-8(3-5-10-12)18(15,16)11-7(9(13)14)4-6-17-2/h3,5,7,11H,4,6H2,1-2H3,(H,13,14)/t7-/m0/s1. The van der Waals surface area contributed by atoms with Gasteiger partial charge in [-0.05, 0) is 24.5 Å². The van der Waals surface area contributed by atoms with Crippen LogP contribution in [-0.2, 0) is 21.9 Å². The lowest BCUT2D eigenvalue weighted by Crippen LogP contribution is -2.41. The second-order valence-corrected chi connectivity index (χ2v) is 6.23. The largest absolute Gasteiger partial charge is 0.480 e. The summed E-state index contributed by atoms with van der Waals surface area (Å²) in [6.07, 6.45) is 3.40. The van der Waals surface area contributed by atoms with Gasteiger partial charge >= 0.3 is 5.97 Å². The maximum Gasteiger partial charge on any atom is 0.321 e. The maximum atomic E-state index is 12.0. The fourth-order valence-electron chi connectivity index (χ4n) is 1.34. The Morgan fingerprint density at radius 3 is 2.78 bits per heavy atom. The van der Waals surface area contributed by atoms with Crippen LogP contribution in [0.25, 0.3) is 0 Å². The minimum Gasteiger partial charge on any atom is -0.480 e. The molecule has 2 N–H and O–H groups in total. The zero-order chi connectivity index (χ0) is 13.8. The Morgan fingerprint density at radius 2 is 2.33 bits per heavy atom. The first kappa shape index (κ1) is 15.0. The van der Waals surface area contributed by atoms with Crippen molar-refractivity contribution >= 4 is 27.8 Å². The molecule has 0 unspecified atom stereocenters. The zero-order valence-corrected chi connectivity index (χ0v) is 11.7. The number of carbonyl (C=O) groups is 1.